The van der Waals surface area contributed by atoms with Gasteiger partial charge in [-0.15, -0.1) is 0 Å². The van der Waals surface area contributed by atoms with Crippen LogP contribution in [0.1, 0.15) is 24.1 Å². The first kappa shape index (κ1) is 13.4. The molecule has 0 fully saturated rings. The minimum absolute atomic E-state index is 0.154. The number of aromatic nitrogens is 1. The van der Waals surface area contributed by atoms with Crippen LogP contribution >= 0.6 is 0 Å². The summed E-state index contributed by atoms with van der Waals surface area (Å²) in [5, 5.41) is 7.76. The SMILES string of the molecule is Cc1[nH]c2ccccc2c1CNC(=O)C1=NNC(=O)CC1. The second kappa shape index (κ2) is 5.40. The van der Waals surface area contributed by atoms with Crippen molar-refractivity contribution in [1.82, 2.24) is 15.7 Å². The molecule has 0 atom stereocenters. The van der Waals surface area contributed by atoms with Crippen LogP contribution < -0.4 is 10.7 Å². The second-order valence-corrected chi connectivity index (χ2v) is 5.05. The Labute approximate surface area is 121 Å². The number of carbonyl (C=O) groups excluding carboxylic acids is 2. The molecule has 2 heterocycles. The topological polar surface area (TPSA) is 86.3 Å². The number of hydrogen-bond acceptors (Lipinski definition) is 3. The van der Waals surface area contributed by atoms with Gasteiger partial charge in [0.25, 0.3) is 5.91 Å². The maximum absolute atomic E-state index is 12.0. The highest BCUT2D eigenvalue weighted by atomic mass is 16.2. The summed E-state index contributed by atoms with van der Waals surface area (Å²) in [4.78, 5) is 26.4. The van der Waals surface area contributed by atoms with Gasteiger partial charge in [0.1, 0.15) is 5.71 Å². The number of benzene rings is 1. The van der Waals surface area contributed by atoms with Crippen molar-refractivity contribution in [3.63, 3.8) is 0 Å². The van der Waals surface area contributed by atoms with Crippen molar-refractivity contribution in [2.24, 2.45) is 5.10 Å². The van der Waals surface area contributed by atoms with Gasteiger partial charge in [-0.25, -0.2) is 5.43 Å². The van der Waals surface area contributed by atoms with Gasteiger partial charge in [0.15, 0.2) is 0 Å². The average molecular weight is 284 g/mol. The Balaban J connectivity index is 1.73. The minimum atomic E-state index is -0.236. The lowest BCUT2D eigenvalue weighted by Gasteiger charge is -2.12. The van der Waals surface area contributed by atoms with E-state index >= 15 is 0 Å². The van der Waals surface area contributed by atoms with Gasteiger partial charge in [0.05, 0.1) is 0 Å². The Morgan fingerprint density at radius 2 is 2.14 bits per heavy atom. The molecule has 0 radical (unpaired) electrons. The number of amides is 2. The number of para-hydroxylation sites is 1. The summed E-state index contributed by atoms with van der Waals surface area (Å²) in [7, 11) is 0. The van der Waals surface area contributed by atoms with Gasteiger partial charge in [-0.3, -0.25) is 9.59 Å². The molecule has 0 bridgehead atoms. The summed E-state index contributed by atoms with van der Waals surface area (Å²) in [6.45, 7) is 2.42. The predicted octanol–water partition coefficient (Wildman–Crippen LogP) is 1.36. The van der Waals surface area contributed by atoms with Crippen molar-refractivity contribution in [2.45, 2.75) is 26.3 Å². The lowest BCUT2D eigenvalue weighted by molar-refractivity contribution is -0.121. The maximum atomic E-state index is 12.0. The molecule has 0 spiro atoms. The molecule has 1 aromatic heterocycles. The number of aryl methyl sites for hydroxylation is 1. The number of nitrogens with zero attached hydrogens (tertiary/aromatic N) is 1. The molecule has 0 unspecified atom stereocenters. The molecule has 2 aromatic rings. The molecule has 1 aliphatic rings. The molecule has 0 aliphatic carbocycles. The quantitative estimate of drug-likeness (QED) is 0.794. The summed E-state index contributed by atoms with van der Waals surface area (Å²) in [5.41, 5.74) is 5.86. The normalized spacial score (nSPS) is 14.7. The van der Waals surface area contributed by atoms with E-state index in [0.717, 1.165) is 22.2 Å². The molecule has 2 amide bonds. The van der Waals surface area contributed by atoms with E-state index < -0.39 is 0 Å². The van der Waals surface area contributed by atoms with Gasteiger partial charge in [-0.05, 0) is 18.6 Å². The first-order valence-electron chi connectivity index (χ1n) is 6.85. The van der Waals surface area contributed by atoms with Crippen LogP contribution in [0.15, 0.2) is 29.4 Å². The monoisotopic (exact) mass is 284 g/mol. The van der Waals surface area contributed by atoms with Gasteiger partial charge in [0.2, 0.25) is 5.91 Å². The number of aromatic amines is 1. The van der Waals surface area contributed by atoms with E-state index in [0.29, 0.717) is 25.1 Å². The van der Waals surface area contributed by atoms with Crippen molar-refractivity contribution in [2.75, 3.05) is 0 Å². The molecule has 108 valence electrons. The van der Waals surface area contributed by atoms with Gasteiger partial charge in [0, 0.05) is 36.0 Å². The second-order valence-electron chi connectivity index (χ2n) is 5.05. The minimum Gasteiger partial charge on any atom is -0.358 e. The Morgan fingerprint density at radius 1 is 1.33 bits per heavy atom. The Bertz CT molecular complexity index is 745. The van der Waals surface area contributed by atoms with Crippen LogP contribution in [0, 0.1) is 6.92 Å². The fraction of sp³-hybridized carbons (Fsp3) is 0.267. The molecule has 0 saturated heterocycles. The zero-order valence-corrected chi connectivity index (χ0v) is 11.7. The van der Waals surface area contributed by atoms with E-state index in [1.807, 2.05) is 31.2 Å². The van der Waals surface area contributed by atoms with Gasteiger partial charge in [-0.1, -0.05) is 18.2 Å². The van der Waals surface area contributed by atoms with Crippen LogP contribution in [0.25, 0.3) is 10.9 Å². The number of fused-ring (bicyclic) bond motifs is 1. The molecule has 1 aromatic carbocycles. The third kappa shape index (κ3) is 2.65. The standard InChI is InChI=1S/C15H16N4O2/c1-9-11(10-4-2-3-5-12(10)17-9)8-16-15(21)13-6-7-14(20)19-18-13/h2-5,17H,6-8H2,1H3,(H,16,21)(H,19,20). The third-order valence-electron chi connectivity index (χ3n) is 3.62. The lowest BCUT2D eigenvalue weighted by Crippen LogP contribution is -2.36. The molecule has 21 heavy (non-hydrogen) atoms. The van der Waals surface area contributed by atoms with Crippen LogP contribution in [-0.4, -0.2) is 22.5 Å². The van der Waals surface area contributed by atoms with Crippen molar-refractivity contribution in [3.8, 4) is 0 Å². The third-order valence-corrected chi connectivity index (χ3v) is 3.62. The van der Waals surface area contributed by atoms with Crippen LogP contribution in [0.2, 0.25) is 0 Å². The summed E-state index contributed by atoms with van der Waals surface area (Å²) >= 11 is 0. The highest BCUT2D eigenvalue weighted by Crippen LogP contribution is 2.21. The van der Waals surface area contributed by atoms with Crippen LogP contribution in [0.5, 0.6) is 0 Å². The zero-order chi connectivity index (χ0) is 14.8. The van der Waals surface area contributed by atoms with E-state index in [-0.39, 0.29) is 11.8 Å². The summed E-state index contributed by atoms with van der Waals surface area (Å²) in [6.07, 6.45) is 0.683. The number of hydrogen-bond donors (Lipinski definition) is 3. The van der Waals surface area contributed by atoms with Gasteiger partial charge in [-0.2, -0.15) is 5.10 Å². The number of H-pyrrole nitrogens is 1. The highest BCUT2D eigenvalue weighted by molar-refractivity contribution is 6.39. The predicted molar refractivity (Wildman–Crippen MR) is 79.7 cm³/mol. The summed E-state index contributed by atoms with van der Waals surface area (Å²) in [5.74, 6) is -0.390. The fourth-order valence-corrected chi connectivity index (χ4v) is 2.47. The largest absolute Gasteiger partial charge is 0.358 e. The highest BCUT2D eigenvalue weighted by Gasteiger charge is 2.18. The summed E-state index contributed by atoms with van der Waals surface area (Å²) in [6, 6.07) is 7.98. The van der Waals surface area contributed by atoms with E-state index in [1.54, 1.807) is 0 Å². The lowest BCUT2D eigenvalue weighted by atomic mass is 10.1. The molecule has 3 N–H and O–H groups in total. The molecule has 1 aliphatic heterocycles. The van der Waals surface area contributed by atoms with Crippen molar-refractivity contribution >= 4 is 28.4 Å². The molecular weight excluding hydrogens is 268 g/mol. The first-order chi connectivity index (χ1) is 10.1. The van der Waals surface area contributed by atoms with E-state index in [9.17, 15) is 9.59 Å². The molecule has 0 saturated carbocycles. The zero-order valence-electron chi connectivity index (χ0n) is 11.7. The van der Waals surface area contributed by atoms with Crippen LogP contribution in [0.4, 0.5) is 0 Å². The van der Waals surface area contributed by atoms with Crippen molar-refractivity contribution in [3.05, 3.63) is 35.5 Å². The Morgan fingerprint density at radius 3 is 2.90 bits per heavy atom. The molecular formula is C15H16N4O2. The van der Waals surface area contributed by atoms with E-state index in [1.165, 1.54) is 0 Å². The smallest absolute Gasteiger partial charge is 0.267 e. The maximum Gasteiger partial charge on any atom is 0.267 e. The van der Waals surface area contributed by atoms with Crippen molar-refractivity contribution in [1.29, 1.82) is 0 Å². The van der Waals surface area contributed by atoms with Gasteiger partial charge < -0.3 is 10.3 Å². The van der Waals surface area contributed by atoms with E-state index in [2.05, 4.69) is 20.8 Å². The van der Waals surface area contributed by atoms with Gasteiger partial charge >= 0.3 is 0 Å². The number of carbonyl (C=O) groups is 2. The summed E-state index contributed by atoms with van der Waals surface area (Å²) < 4.78 is 0. The van der Waals surface area contributed by atoms with E-state index in [4.69, 9.17) is 0 Å². The molecule has 6 nitrogen and oxygen atoms in total. The van der Waals surface area contributed by atoms with Crippen molar-refractivity contribution < 1.29 is 9.59 Å². The average Bonchev–Trinajstić information content (AvgIpc) is 2.81. The Hall–Kier alpha value is -2.63. The first-order valence-corrected chi connectivity index (χ1v) is 6.85. The molecule has 6 heteroatoms. The number of nitrogens with one attached hydrogen (secondary N) is 3. The van der Waals surface area contributed by atoms with Crippen LogP contribution in [-0.2, 0) is 16.1 Å². The number of hydrazone groups is 1. The molecule has 3 rings (SSSR count). The van der Waals surface area contributed by atoms with Crippen LogP contribution in [0.3, 0.4) is 0 Å². The Kier molecular flexibility index (Phi) is 3.43. The number of rotatable bonds is 3. The fourth-order valence-electron chi connectivity index (χ4n) is 2.47.